The summed E-state index contributed by atoms with van der Waals surface area (Å²) in [4.78, 5) is 11.9. The predicted molar refractivity (Wildman–Crippen MR) is 112 cm³/mol. The van der Waals surface area contributed by atoms with E-state index in [-0.39, 0.29) is 5.57 Å². The third-order valence-electron chi connectivity index (χ3n) is 4.39. The number of hydrogen-bond acceptors (Lipinski definition) is 4. The van der Waals surface area contributed by atoms with Crippen molar-refractivity contribution < 1.29 is 24.1 Å². The number of ether oxygens (including phenoxy) is 3. The lowest BCUT2D eigenvalue weighted by atomic mass is 10.0. The van der Waals surface area contributed by atoms with E-state index in [9.17, 15) is 9.90 Å². The molecule has 0 atom stereocenters. The highest BCUT2D eigenvalue weighted by atomic mass is 16.5. The minimum Gasteiger partial charge on any atom is -0.497 e. The second-order valence-corrected chi connectivity index (χ2v) is 6.24. The van der Waals surface area contributed by atoms with Crippen LogP contribution in [-0.4, -0.2) is 25.3 Å². The van der Waals surface area contributed by atoms with Gasteiger partial charge < -0.3 is 19.3 Å². The summed E-state index contributed by atoms with van der Waals surface area (Å²) in [6.45, 7) is 0.340. The van der Waals surface area contributed by atoms with Gasteiger partial charge in [-0.15, -0.1) is 0 Å². The van der Waals surface area contributed by atoms with Gasteiger partial charge in [-0.1, -0.05) is 54.6 Å². The summed E-state index contributed by atoms with van der Waals surface area (Å²) in [5.74, 6) is 0.652. The van der Waals surface area contributed by atoms with Gasteiger partial charge in [0.2, 0.25) is 0 Å². The van der Waals surface area contributed by atoms with Crippen molar-refractivity contribution in [2.45, 2.75) is 6.61 Å². The summed E-state index contributed by atoms with van der Waals surface area (Å²) >= 11 is 0. The van der Waals surface area contributed by atoms with Gasteiger partial charge in [0.05, 0.1) is 19.8 Å². The standard InChI is InChI=1S/C24H22O5/c1-27-20-13-11-18(12-14-20)21(24(25)26)15-19-9-6-10-22(28-2)23(19)29-16-17-7-4-3-5-8-17/h3-15H,16H2,1-2H3,(H,25,26)/b21-15-. The lowest BCUT2D eigenvalue weighted by Gasteiger charge is -2.14. The minimum absolute atomic E-state index is 0.144. The van der Waals surface area contributed by atoms with Crippen LogP contribution in [0.25, 0.3) is 11.6 Å². The first-order valence-corrected chi connectivity index (χ1v) is 9.05. The molecule has 3 aromatic carbocycles. The van der Waals surface area contributed by atoms with Gasteiger partial charge in [0, 0.05) is 5.56 Å². The van der Waals surface area contributed by atoms with Crippen LogP contribution in [0, 0.1) is 0 Å². The Bertz CT molecular complexity index is 992. The zero-order chi connectivity index (χ0) is 20.6. The summed E-state index contributed by atoms with van der Waals surface area (Å²) in [5.41, 5.74) is 2.33. The van der Waals surface area contributed by atoms with Crippen LogP contribution in [0.2, 0.25) is 0 Å². The van der Waals surface area contributed by atoms with E-state index in [0.29, 0.717) is 35.0 Å². The Hall–Kier alpha value is -3.73. The van der Waals surface area contributed by atoms with E-state index in [4.69, 9.17) is 14.2 Å². The van der Waals surface area contributed by atoms with Crippen LogP contribution in [0.4, 0.5) is 0 Å². The van der Waals surface area contributed by atoms with Crippen molar-refractivity contribution in [1.29, 1.82) is 0 Å². The lowest BCUT2D eigenvalue weighted by Crippen LogP contribution is -2.02. The first kappa shape index (κ1) is 20.0. The van der Waals surface area contributed by atoms with Gasteiger partial charge in [0.25, 0.3) is 0 Å². The molecule has 3 rings (SSSR count). The molecule has 0 unspecified atom stereocenters. The van der Waals surface area contributed by atoms with Crippen molar-refractivity contribution in [2.75, 3.05) is 14.2 Å². The topological polar surface area (TPSA) is 65.0 Å². The van der Waals surface area contributed by atoms with Gasteiger partial charge in [0.1, 0.15) is 12.4 Å². The van der Waals surface area contributed by atoms with Crippen molar-refractivity contribution in [3.63, 3.8) is 0 Å². The average Bonchev–Trinajstić information content (AvgIpc) is 2.76. The Labute approximate surface area is 169 Å². The quantitative estimate of drug-likeness (QED) is 0.437. The zero-order valence-electron chi connectivity index (χ0n) is 16.3. The van der Waals surface area contributed by atoms with Crippen molar-refractivity contribution >= 4 is 17.6 Å². The Morgan fingerprint density at radius 2 is 1.62 bits per heavy atom. The Kier molecular flexibility index (Phi) is 6.53. The molecule has 0 aromatic heterocycles. The van der Waals surface area contributed by atoms with Crippen molar-refractivity contribution in [3.05, 3.63) is 89.5 Å². The lowest BCUT2D eigenvalue weighted by molar-refractivity contribution is -0.130. The second-order valence-electron chi connectivity index (χ2n) is 6.24. The second kappa shape index (κ2) is 9.46. The van der Waals surface area contributed by atoms with Crippen LogP contribution in [0.15, 0.2) is 72.8 Å². The largest absolute Gasteiger partial charge is 0.497 e. The van der Waals surface area contributed by atoms with Crippen LogP contribution in [0.3, 0.4) is 0 Å². The van der Waals surface area contributed by atoms with Gasteiger partial charge in [-0.05, 0) is 35.4 Å². The summed E-state index contributed by atoms with van der Waals surface area (Å²) in [5, 5.41) is 9.77. The van der Waals surface area contributed by atoms with Crippen LogP contribution < -0.4 is 14.2 Å². The number of carboxylic acid groups (broad SMARTS) is 1. The first-order valence-electron chi connectivity index (χ1n) is 9.05. The normalized spacial score (nSPS) is 11.0. The van der Waals surface area contributed by atoms with Crippen LogP contribution in [0.1, 0.15) is 16.7 Å². The Balaban J connectivity index is 1.99. The highest BCUT2D eigenvalue weighted by Crippen LogP contribution is 2.34. The highest BCUT2D eigenvalue weighted by molar-refractivity contribution is 6.20. The van der Waals surface area contributed by atoms with E-state index < -0.39 is 5.97 Å². The molecule has 0 saturated heterocycles. The van der Waals surface area contributed by atoms with E-state index in [1.165, 1.54) is 0 Å². The molecule has 0 radical (unpaired) electrons. The van der Waals surface area contributed by atoms with Crippen molar-refractivity contribution in [1.82, 2.24) is 0 Å². The van der Waals surface area contributed by atoms with Crippen molar-refractivity contribution in [3.8, 4) is 17.2 Å². The molecule has 1 N–H and O–H groups in total. The molecule has 5 heteroatoms. The molecule has 0 spiro atoms. The maximum atomic E-state index is 11.9. The van der Waals surface area contributed by atoms with Crippen LogP contribution in [-0.2, 0) is 11.4 Å². The SMILES string of the molecule is COc1ccc(/C(=C/c2cccc(OC)c2OCc2ccccc2)C(=O)O)cc1. The van der Waals surface area contributed by atoms with Gasteiger partial charge >= 0.3 is 5.97 Å². The van der Waals surface area contributed by atoms with Gasteiger partial charge in [0.15, 0.2) is 11.5 Å². The molecule has 0 fully saturated rings. The summed E-state index contributed by atoms with van der Waals surface area (Å²) < 4.78 is 16.6. The fraction of sp³-hybridized carbons (Fsp3) is 0.125. The van der Waals surface area contributed by atoms with E-state index in [2.05, 4.69) is 0 Å². The van der Waals surface area contributed by atoms with E-state index in [0.717, 1.165) is 5.56 Å². The summed E-state index contributed by atoms with van der Waals surface area (Å²) in [6, 6.07) is 22.0. The van der Waals surface area contributed by atoms with E-state index in [1.807, 2.05) is 30.3 Å². The van der Waals surface area contributed by atoms with Crippen LogP contribution in [0.5, 0.6) is 17.2 Å². The molecular formula is C24H22O5. The number of carboxylic acids is 1. The molecule has 3 aromatic rings. The fourth-order valence-corrected chi connectivity index (χ4v) is 2.89. The van der Waals surface area contributed by atoms with E-state index in [1.54, 1.807) is 62.8 Å². The zero-order valence-corrected chi connectivity index (χ0v) is 16.3. The van der Waals surface area contributed by atoms with Crippen molar-refractivity contribution in [2.24, 2.45) is 0 Å². The molecule has 0 aliphatic rings. The molecule has 0 aliphatic heterocycles. The Morgan fingerprint density at radius 3 is 2.24 bits per heavy atom. The van der Waals surface area contributed by atoms with Gasteiger partial charge in [-0.2, -0.15) is 0 Å². The minimum atomic E-state index is -1.04. The molecule has 29 heavy (non-hydrogen) atoms. The molecule has 0 aliphatic carbocycles. The number of carbonyl (C=O) groups is 1. The predicted octanol–water partition coefficient (Wildman–Crippen LogP) is 4.91. The van der Waals surface area contributed by atoms with Gasteiger partial charge in [-0.25, -0.2) is 4.79 Å². The first-order chi connectivity index (χ1) is 14.1. The number of rotatable bonds is 8. The maximum absolute atomic E-state index is 11.9. The molecule has 0 heterocycles. The maximum Gasteiger partial charge on any atom is 0.336 e. The summed E-state index contributed by atoms with van der Waals surface area (Å²) in [7, 11) is 3.12. The Morgan fingerprint density at radius 1 is 0.897 bits per heavy atom. The molecule has 148 valence electrons. The molecule has 0 saturated carbocycles. The number of para-hydroxylation sites is 1. The molecular weight excluding hydrogens is 368 g/mol. The monoisotopic (exact) mass is 390 g/mol. The smallest absolute Gasteiger partial charge is 0.336 e. The molecule has 5 nitrogen and oxygen atoms in total. The van der Waals surface area contributed by atoms with E-state index >= 15 is 0 Å². The third kappa shape index (κ3) is 4.96. The number of aliphatic carboxylic acids is 1. The third-order valence-corrected chi connectivity index (χ3v) is 4.39. The number of benzene rings is 3. The number of hydrogen-bond donors (Lipinski definition) is 1. The van der Waals surface area contributed by atoms with Crippen LogP contribution >= 0.6 is 0 Å². The number of methoxy groups -OCH3 is 2. The average molecular weight is 390 g/mol. The summed E-state index contributed by atoms with van der Waals surface area (Å²) in [6.07, 6.45) is 1.59. The molecule has 0 amide bonds. The van der Waals surface area contributed by atoms with Gasteiger partial charge in [-0.3, -0.25) is 0 Å². The highest BCUT2D eigenvalue weighted by Gasteiger charge is 2.15. The molecule has 0 bridgehead atoms. The fourth-order valence-electron chi connectivity index (χ4n) is 2.89.